The van der Waals surface area contributed by atoms with Gasteiger partial charge in [0.05, 0.1) is 6.10 Å². The molecule has 68 valence electrons. The molecule has 0 fully saturated rings. The molecule has 0 radical (unpaired) electrons. The van der Waals surface area contributed by atoms with Crippen molar-refractivity contribution < 1.29 is 14.6 Å². The van der Waals surface area contributed by atoms with Crippen LogP contribution >= 0.6 is 0 Å². The highest BCUT2D eigenvalue weighted by molar-refractivity contribution is 4.48. The Bertz CT molecular complexity index is 75.4. The highest BCUT2D eigenvalue weighted by atomic mass is 16.7. The van der Waals surface area contributed by atoms with Crippen LogP contribution in [-0.4, -0.2) is 30.7 Å². The molecule has 0 saturated heterocycles. The van der Waals surface area contributed by atoms with Gasteiger partial charge in [-0.25, -0.2) is 0 Å². The van der Waals surface area contributed by atoms with Crippen molar-refractivity contribution in [2.24, 2.45) is 0 Å². The Morgan fingerprint density at radius 2 is 2.00 bits per heavy atom. The molecule has 0 aliphatic carbocycles. The largest absolute Gasteiger partial charge is 0.396 e. The van der Waals surface area contributed by atoms with Crippen LogP contribution < -0.4 is 0 Å². The first-order valence-electron chi connectivity index (χ1n) is 4.08. The predicted molar refractivity (Wildman–Crippen MR) is 43.3 cm³/mol. The van der Waals surface area contributed by atoms with E-state index >= 15 is 0 Å². The molecule has 2 unspecified atom stereocenters. The maximum Gasteiger partial charge on any atom is 0.155 e. The number of hydrogen-bond donors (Lipinski definition) is 1. The van der Waals surface area contributed by atoms with Gasteiger partial charge in [-0.3, -0.25) is 0 Å². The van der Waals surface area contributed by atoms with Crippen LogP contribution in [0.4, 0.5) is 0 Å². The van der Waals surface area contributed by atoms with Gasteiger partial charge in [0.15, 0.2) is 6.29 Å². The summed E-state index contributed by atoms with van der Waals surface area (Å²) in [6.07, 6.45) is 0.570. The summed E-state index contributed by atoms with van der Waals surface area (Å²) >= 11 is 0. The van der Waals surface area contributed by atoms with Gasteiger partial charge in [0, 0.05) is 13.2 Å². The summed E-state index contributed by atoms with van der Waals surface area (Å²) in [6.45, 7) is 6.53. The van der Waals surface area contributed by atoms with E-state index in [0.717, 1.165) is 0 Å². The Morgan fingerprint density at radius 1 is 1.36 bits per heavy atom. The van der Waals surface area contributed by atoms with Crippen molar-refractivity contribution in [1.82, 2.24) is 0 Å². The molecule has 11 heavy (non-hydrogen) atoms. The van der Waals surface area contributed by atoms with E-state index in [2.05, 4.69) is 0 Å². The molecule has 0 aromatic carbocycles. The number of rotatable bonds is 6. The van der Waals surface area contributed by atoms with Crippen molar-refractivity contribution in [2.45, 2.75) is 39.6 Å². The first kappa shape index (κ1) is 10.9. The van der Waals surface area contributed by atoms with Crippen LogP contribution in [0.15, 0.2) is 0 Å². The molecule has 1 N–H and O–H groups in total. The lowest BCUT2D eigenvalue weighted by Gasteiger charge is -2.17. The van der Waals surface area contributed by atoms with Crippen molar-refractivity contribution in [1.29, 1.82) is 0 Å². The summed E-state index contributed by atoms with van der Waals surface area (Å²) in [5, 5.41) is 8.56. The fourth-order valence-electron chi connectivity index (χ4n) is 0.851. The summed E-state index contributed by atoms with van der Waals surface area (Å²) < 4.78 is 10.5. The van der Waals surface area contributed by atoms with Crippen molar-refractivity contribution in [2.75, 3.05) is 13.2 Å². The van der Waals surface area contributed by atoms with E-state index < -0.39 is 0 Å². The average molecular weight is 162 g/mol. The first-order chi connectivity index (χ1) is 5.20. The van der Waals surface area contributed by atoms with Crippen LogP contribution in [0, 0.1) is 0 Å². The van der Waals surface area contributed by atoms with Gasteiger partial charge in [-0.1, -0.05) is 0 Å². The van der Waals surface area contributed by atoms with Crippen molar-refractivity contribution in [3.63, 3.8) is 0 Å². The summed E-state index contributed by atoms with van der Waals surface area (Å²) in [4.78, 5) is 0. The zero-order valence-electron chi connectivity index (χ0n) is 7.54. The van der Waals surface area contributed by atoms with Crippen LogP contribution in [0.5, 0.6) is 0 Å². The minimum atomic E-state index is -0.165. The van der Waals surface area contributed by atoms with Gasteiger partial charge >= 0.3 is 0 Å². The molecule has 3 heteroatoms. The Balaban J connectivity index is 3.32. The lowest BCUT2D eigenvalue weighted by molar-refractivity contribution is -0.155. The van der Waals surface area contributed by atoms with Gasteiger partial charge in [0.1, 0.15) is 0 Å². The second-order valence-electron chi connectivity index (χ2n) is 2.48. The SMILES string of the molecule is CCOC(C)OC(C)CCO. The quantitative estimate of drug-likeness (QED) is 0.595. The van der Waals surface area contributed by atoms with Crippen LogP contribution in [0.2, 0.25) is 0 Å². The zero-order chi connectivity index (χ0) is 8.69. The lowest BCUT2D eigenvalue weighted by Crippen LogP contribution is -2.20. The Morgan fingerprint density at radius 3 is 2.45 bits per heavy atom. The molecule has 0 saturated carbocycles. The molecule has 0 rings (SSSR count). The standard InChI is InChI=1S/C8H18O3/c1-4-10-8(3)11-7(2)5-6-9/h7-9H,4-6H2,1-3H3. The van der Waals surface area contributed by atoms with Gasteiger partial charge < -0.3 is 14.6 Å². The van der Waals surface area contributed by atoms with Crippen LogP contribution in [0.25, 0.3) is 0 Å². The van der Waals surface area contributed by atoms with Crippen molar-refractivity contribution in [3.05, 3.63) is 0 Å². The number of ether oxygens (including phenoxy) is 2. The third-order valence-corrected chi connectivity index (χ3v) is 1.36. The summed E-state index contributed by atoms with van der Waals surface area (Å²) in [7, 11) is 0. The van der Waals surface area contributed by atoms with E-state index in [0.29, 0.717) is 13.0 Å². The lowest BCUT2D eigenvalue weighted by atomic mass is 10.3. The molecule has 0 aromatic heterocycles. The van der Waals surface area contributed by atoms with Gasteiger partial charge in [0.2, 0.25) is 0 Å². The van der Waals surface area contributed by atoms with Crippen LogP contribution in [0.1, 0.15) is 27.2 Å². The van der Waals surface area contributed by atoms with E-state index in [1.807, 2.05) is 20.8 Å². The molecule has 0 aromatic rings. The second kappa shape index (κ2) is 6.58. The topological polar surface area (TPSA) is 38.7 Å². The molecule has 0 aliphatic rings. The van der Waals surface area contributed by atoms with Gasteiger partial charge in [-0.15, -0.1) is 0 Å². The maximum absolute atomic E-state index is 8.56. The van der Waals surface area contributed by atoms with E-state index in [1.54, 1.807) is 0 Å². The van der Waals surface area contributed by atoms with E-state index in [9.17, 15) is 0 Å². The van der Waals surface area contributed by atoms with Gasteiger partial charge in [-0.2, -0.15) is 0 Å². The van der Waals surface area contributed by atoms with Crippen molar-refractivity contribution >= 4 is 0 Å². The first-order valence-corrected chi connectivity index (χ1v) is 4.08. The number of aliphatic hydroxyl groups is 1. The minimum Gasteiger partial charge on any atom is -0.396 e. The summed E-state index contributed by atoms with van der Waals surface area (Å²) in [6, 6.07) is 0. The van der Waals surface area contributed by atoms with Crippen molar-refractivity contribution in [3.8, 4) is 0 Å². The molecule has 0 aliphatic heterocycles. The minimum absolute atomic E-state index is 0.0709. The van der Waals surface area contributed by atoms with E-state index in [1.165, 1.54) is 0 Å². The monoisotopic (exact) mass is 162 g/mol. The molecule has 3 nitrogen and oxygen atoms in total. The highest BCUT2D eigenvalue weighted by Crippen LogP contribution is 2.02. The van der Waals surface area contributed by atoms with Gasteiger partial charge in [-0.05, 0) is 27.2 Å². The molecule has 0 heterocycles. The fourth-order valence-corrected chi connectivity index (χ4v) is 0.851. The number of aliphatic hydroxyl groups excluding tert-OH is 1. The number of hydrogen-bond acceptors (Lipinski definition) is 3. The third kappa shape index (κ3) is 6.28. The average Bonchev–Trinajstić information content (AvgIpc) is 1.87. The molecule has 2 atom stereocenters. The molecular formula is C8H18O3. The summed E-state index contributed by atoms with van der Waals surface area (Å²) in [5.74, 6) is 0. The third-order valence-electron chi connectivity index (χ3n) is 1.36. The van der Waals surface area contributed by atoms with E-state index in [-0.39, 0.29) is 19.0 Å². The Hall–Kier alpha value is -0.120. The smallest absolute Gasteiger partial charge is 0.155 e. The fraction of sp³-hybridized carbons (Fsp3) is 1.00. The Labute approximate surface area is 68.3 Å². The molecule has 0 bridgehead atoms. The Kier molecular flexibility index (Phi) is 6.51. The molecule has 0 spiro atoms. The zero-order valence-corrected chi connectivity index (χ0v) is 7.54. The van der Waals surface area contributed by atoms with E-state index in [4.69, 9.17) is 14.6 Å². The van der Waals surface area contributed by atoms with Crippen LogP contribution in [0.3, 0.4) is 0 Å². The normalized spacial score (nSPS) is 16.4. The molecule has 0 amide bonds. The highest BCUT2D eigenvalue weighted by Gasteiger charge is 2.06. The summed E-state index contributed by atoms with van der Waals surface area (Å²) in [5.41, 5.74) is 0. The molecular weight excluding hydrogens is 144 g/mol. The van der Waals surface area contributed by atoms with Gasteiger partial charge in [0.25, 0.3) is 0 Å². The predicted octanol–water partition coefficient (Wildman–Crippen LogP) is 1.16. The van der Waals surface area contributed by atoms with Crippen LogP contribution in [-0.2, 0) is 9.47 Å². The second-order valence-corrected chi connectivity index (χ2v) is 2.48. The maximum atomic E-state index is 8.56.